The fourth-order valence-corrected chi connectivity index (χ4v) is 4.53. The molecule has 0 saturated carbocycles. The van der Waals surface area contributed by atoms with E-state index in [-0.39, 0.29) is 11.7 Å². The van der Waals surface area contributed by atoms with Gasteiger partial charge in [-0.25, -0.2) is 19.0 Å². The van der Waals surface area contributed by atoms with E-state index in [0.29, 0.717) is 18.0 Å². The molecule has 3 aromatic heterocycles. The zero-order chi connectivity index (χ0) is 21.9. The van der Waals surface area contributed by atoms with Gasteiger partial charge in [0.15, 0.2) is 5.65 Å². The first-order valence-corrected chi connectivity index (χ1v) is 11.3. The molecular weight excluding hydrogens is 429 g/mol. The summed E-state index contributed by atoms with van der Waals surface area (Å²) in [7, 11) is 0. The molecule has 32 heavy (non-hydrogen) atoms. The van der Waals surface area contributed by atoms with Gasteiger partial charge in [-0.05, 0) is 35.7 Å². The van der Waals surface area contributed by atoms with Crippen molar-refractivity contribution in [3.05, 3.63) is 65.0 Å². The zero-order valence-electron chi connectivity index (χ0n) is 17.3. The Labute approximate surface area is 188 Å². The number of hydrogen-bond acceptors (Lipinski definition) is 7. The summed E-state index contributed by atoms with van der Waals surface area (Å²) in [5.41, 5.74) is 1.78. The van der Waals surface area contributed by atoms with Gasteiger partial charge in [-0.2, -0.15) is 5.10 Å². The van der Waals surface area contributed by atoms with Gasteiger partial charge in [0.2, 0.25) is 0 Å². The van der Waals surface area contributed by atoms with Crippen LogP contribution in [0.4, 0.5) is 15.9 Å². The number of piperazine rings is 1. The summed E-state index contributed by atoms with van der Waals surface area (Å²) in [6, 6.07) is 10.3. The second-order valence-electron chi connectivity index (χ2n) is 7.49. The molecule has 0 atom stereocenters. The van der Waals surface area contributed by atoms with Crippen molar-refractivity contribution in [2.45, 2.75) is 6.54 Å². The number of amides is 1. The molecule has 4 aromatic rings. The van der Waals surface area contributed by atoms with Crippen molar-refractivity contribution in [2.75, 3.05) is 42.5 Å². The standard InChI is InChI=1S/C22H22FN7OS/c23-16-3-5-17(6-4-16)28-9-11-29(12-10-28)20-18-14-27-30(21(18)26-15-25-20)8-7-24-22(31)19-2-1-13-32-19/h1-6,13-15H,7-12H2,(H,24,31). The molecule has 4 heterocycles. The molecule has 0 radical (unpaired) electrons. The summed E-state index contributed by atoms with van der Waals surface area (Å²) in [6.07, 6.45) is 3.35. The van der Waals surface area contributed by atoms with Gasteiger partial charge in [-0.3, -0.25) is 4.79 Å². The van der Waals surface area contributed by atoms with Gasteiger partial charge in [-0.15, -0.1) is 11.3 Å². The van der Waals surface area contributed by atoms with Crippen LogP contribution in [0.15, 0.2) is 54.3 Å². The average Bonchev–Trinajstić information content (AvgIpc) is 3.50. The third-order valence-electron chi connectivity index (χ3n) is 5.54. The summed E-state index contributed by atoms with van der Waals surface area (Å²) < 4.78 is 15.0. The Kier molecular flexibility index (Phi) is 5.68. The number of aromatic nitrogens is 4. The number of halogens is 1. The highest BCUT2D eigenvalue weighted by Crippen LogP contribution is 2.25. The fourth-order valence-electron chi connectivity index (χ4n) is 3.89. The van der Waals surface area contributed by atoms with Crippen molar-refractivity contribution in [2.24, 2.45) is 0 Å². The van der Waals surface area contributed by atoms with Crippen LogP contribution in [-0.2, 0) is 6.54 Å². The minimum atomic E-state index is -0.223. The van der Waals surface area contributed by atoms with Crippen molar-refractivity contribution in [3.63, 3.8) is 0 Å². The van der Waals surface area contributed by atoms with Crippen LogP contribution >= 0.6 is 11.3 Å². The Morgan fingerprint density at radius 3 is 2.59 bits per heavy atom. The van der Waals surface area contributed by atoms with E-state index in [1.54, 1.807) is 23.3 Å². The van der Waals surface area contributed by atoms with Crippen molar-refractivity contribution < 1.29 is 9.18 Å². The van der Waals surface area contributed by atoms with Gasteiger partial charge < -0.3 is 15.1 Å². The largest absolute Gasteiger partial charge is 0.368 e. The van der Waals surface area contributed by atoms with Crippen LogP contribution < -0.4 is 15.1 Å². The van der Waals surface area contributed by atoms with Crippen LogP contribution in [0.3, 0.4) is 0 Å². The smallest absolute Gasteiger partial charge is 0.261 e. The molecule has 1 aromatic carbocycles. The second-order valence-corrected chi connectivity index (χ2v) is 8.43. The molecule has 164 valence electrons. The zero-order valence-corrected chi connectivity index (χ0v) is 18.1. The summed E-state index contributed by atoms with van der Waals surface area (Å²) in [5, 5.41) is 10.2. The first kappa shape index (κ1) is 20.4. The number of thiophene rings is 1. The predicted octanol–water partition coefficient (Wildman–Crippen LogP) is 2.78. The minimum absolute atomic E-state index is 0.0780. The maximum Gasteiger partial charge on any atom is 0.261 e. The van der Waals surface area contributed by atoms with E-state index >= 15 is 0 Å². The van der Waals surface area contributed by atoms with Gasteiger partial charge in [0.25, 0.3) is 5.91 Å². The third-order valence-corrected chi connectivity index (χ3v) is 6.41. The van der Waals surface area contributed by atoms with E-state index in [0.717, 1.165) is 48.7 Å². The monoisotopic (exact) mass is 451 g/mol. The molecule has 1 amide bonds. The number of hydrogen-bond donors (Lipinski definition) is 1. The molecule has 0 bridgehead atoms. The van der Waals surface area contributed by atoms with Crippen molar-refractivity contribution in [3.8, 4) is 0 Å². The van der Waals surface area contributed by atoms with Crippen LogP contribution in [0.2, 0.25) is 0 Å². The molecule has 5 rings (SSSR count). The van der Waals surface area contributed by atoms with Gasteiger partial charge >= 0.3 is 0 Å². The molecule has 1 N–H and O–H groups in total. The molecule has 0 spiro atoms. The van der Waals surface area contributed by atoms with E-state index in [1.165, 1.54) is 23.5 Å². The number of nitrogens with zero attached hydrogens (tertiary/aromatic N) is 6. The summed E-state index contributed by atoms with van der Waals surface area (Å²) in [5.74, 6) is 0.562. The van der Waals surface area contributed by atoms with Crippen LogP contribution in [0.1, 0.15) is 9.67 Å². The Balaban J connectivity index is 1.24. The molecule has 10 heteroatoms. The first-order valence-electron chi connectivity index (χ1n) is 10.4. The highest BCUT2D eigenvalue weighted by Gasteiger charge is 2.21. The molecule has 1 fully saturated rings. The highest BCUT2D eigenvalue weighted by molar-refractivity contribution is 7.12. The van der Waals surface area contributed by atoms with E-state index in [1.807, 2.05) is 23.6 Å². The first-order chi connectivity index (χ1) is 15.7. The van der Waals surface area contributed by atoms with Gasteiger partial charge in [0.1, 0.15) is 18.0 Å². The fraction of sp³-hybridized carbons (Fsp3) is 0.273. The molecule has 8 nitrogen and oxygen atoms in total. The Morgan fingerprint density at radius 2 is 1.84 bits per heavy atom. The average molecular weight is 452 g/mol. The number of nitrogens with one attached hydrogen (secondary N) is 1. The lowest BCUT2D eigenvalue weighted by Gasteiger charge is -2.36. The molecule has 0 aliphatic carbocycles. The van der Waals surface area contributed by atoms with Crippen molar-refractivity contribution in [1.82, 2.24) is 25.1 Å². The predicted molar refractivity (Wildman–Crippen MR) is 123 cm³/mol. The van der Waals surface area contributed by atoms with E-state index in [4.69, 9.17) is 0 Å². The summed E-state index contributed by atoms with van der Waals surface area (Å²) >= 11 is 1.42. The Hall–Kier alpha value is -3.53. The number of rotatable bonds is 6. The number of carbonyl (C=O) groups is 1. The van der Waals surface area contributed by atoms with E-state index < -0.39 is 0 Å². The van der Waals surface area contributed by atoms with Crippen molar-refractivity contribution >= 4 is 39.8 Å². The topological polar surface area (TPSA) is 79.2 Å². The highest BCUT2D eigenvalue weighted by atomic mass is 32.1. The van der Waals surface area contributed by atoms with Gasteiger partial charge in [-0.1, -0.05) is 6.07 Å². The van der Waals surface area contributed by atoms with Gasteiger partial charge in [0, 0.05) is 38.4 Å². The number of benzene rings is 1. The molecule has 1 saturated heterocycles. The quantitative estimate of drug-likeness (QED) is 0.486. The molecule has 1 aliphatic rings. The van der Waals surface area contributed by atoms with Gasteiger partial charge in [0.05, 0.1) is 23.0 Å². The van der Waals surface area contributed by atoms with Crippen molar-refractivity contribution in [1.29, 1.82) is 0 Å². The number of fused-ring (bicyclic) bond motifs is 1. The maximum absolute atomic E-state index is 13.2. The number of anilines is 2. The Morgan fingerprint density at radius 1 is 1.06 bits per heavy atom. The summed E-state index contributed by atoms with van der Waals surface area (Å²) in [4.78, 5) is 26.2. The van der Waals surface area contributed by atoms with Crippen LogP contribution in [0, 0.1) is 5.82 Å². The minimum Gasteiger partial charge on any atom is -0.368 e. The lowest BCUT2D eigenvalue weighted by molar-refractivity contribution is 0.0956. The lowest BCUT2D eigenvalue weighted by atomic mass is 10.2. The lowest BCUT2D eigenvalue weighted by Crippen LogP contribution is -2.46. The number of carbonyl (C=O) groups excluding carboxylic acids is 1. The Bertz CT molecular complexity index is 1200. The molecule has 0 unspecified atom stereocenters. The molecule has 1 aliphatic heterocycles. The molecular formula is C22H22FN7OS. The van der Waals surface area contributed by atoms with Crippen LogP contribution in [0.25, 0.3) is 11.0 Å². The van der Waals surface area contributed by atoms with E-state index in [9.17, 15) is 9.18 Å². The van der Waals surface area contributed by atoms with E-state index in [2.05, 4.69) is 30.2 Å². The maximum atomic E-state index is 13.2. The summed E-state index contributed by atoms with van der Waals surface area (Å²) in [6.45, 7) is 4.22. The SMILES string of the molecule is O=C(NCCn1ncc2c(N3CCN(c4ccc(F)cc4)CC3)ncnc21)c1cccs1. The second kappa shape index (κ2) is 8.91. The normalized spacial score (nSPS) is 14.2. The van der Waals surface area contributed by atoms with Crippen LogP contribution in [0.5, 0.6) is 0 Å². The van der Waals surface area contributed by atoms with Crippen LogP contribution in [-0.4, -0.2) is 58.4 Å². The third kappa shape index (κ3) is 4.13.